The number of rotatable bonds is 5. The first-order valence-electron chi connectivity index (χ1n) is 4.95. The van der Waals surface area contributed by atoms with Gasteiger partial charge in [-0.15, -0.1) is 0 Å². The van der Waals surface area contributed by atoms with Crippen molar-refractivity contribution >= 4 is 0 Å². The summed E-state index contributed by atoms with van der Waals surface area (Å²) in [5.74, 6) is 1.74. The summed E-state index contributed by atoms with van der Waals surface area (Å²) in [6.07, 6.45) is 6.71. The van der Waals surface area contributed by atoms with Crippen LogP contribution in [0.1, 0.15) is 46.0 Å². The number of hydrogen-bond acceptors (Lipinski definition) is 1. The fraction of sp³-hybridized carbons (Fsp3) is 1.00. The highest BCUT2D eigenvalue weighted by molar-refractivity contribution is 4.83. The number of nitrogens with two attached hydrogens (primary N) is 1. The highest BCUT2D eigenvalue weighted by atomic mass is 14.7. The van der Waals surface area contributed by atoms with Gasteiger partial charge in [0.1, 0.15) is 0 Å². The van der Waals surface area contributed by atoms with Gasteiger partial charge in [0.2, 0.25) is 0 Å². The molecule has 0 radical (unpaired) electrons. The van der Waals surface area contributed by atoms with Gasteiger partial charge in [0.05, 0.1) is 0 Å². The van der Waals surface area contributed by atoms with Crippen LogP contribution in [0.25, 0.3) is 0 Å². The lowest BCUT2D eigenvalue weighted by atomic mass is 10.0. The molecule has 0 aromatic carbocycles. The molecule has 1 atom stereocenters. The average molecular weight is 155 g/mol. The van der Waals surface area contributed by atoms with E-state index in [1.807, 2.05) is 0 Å². The molecule has 1 fully saturated rings. The minimum Gasteiger partial charge on any atom is -0.327 e. The van der Waals surface area contributed by atoms with E-state index in [2.05, 4.69) is 13.8 Å². The topological polar surface area (TPSA) is 26.0 Å². The Morgan fingerprint density at radius 2 is 1.91 bits per heavy atom. The molecule has 0 aliphatic heterocycles. The molecule has 2 N–H and O–H groups in total. The van der Waals surface area contributed by atoms with Gasteiger partial charge >= 0.3 is 0 Å². The Labute approximate surface area is 70.4 Å². The second-order valence-electron chi connectivity index (χ2n) is 4.33. The Morgan fingerprint density at radius 3 is 2.36 bits per heavy atom. The average Bonchev–Trinajstić information content (AvgIpc) is 2.66. The molecule has 0 saturated heterocycles. The van der Waals surface area contributed by atoms with E-state index in [-0.39, 0.29) is 0 Å². The standard InChI is InChI=1S/C10H21N/c1-8(2)4-3-5-10(11)9-6-7-9/h8-10H,3-7,11H2,1-2H3. The molecule has 11 heavy (non-hydrogen) atoms. The molecule has 1 heteroatoms. The summed E-state index contributed by atoms with van der Waals surface area (Å²) < 4.78 is 0. The quantitative estimate of drug-likeness (QED) is 0.648. The van der Waals surface area contributed by atoms with Crippen molar-refractivity contribution in [3.05, 3.63) is 0 Å². The Hall–Kier alpha value is -0.0400. The molecule has 0 amide bonds. The first kappa shape index (κ1) is 9.05. The zero-order valence-corrected chi connectivity index (χ0v) is 7.84. The lowest BCUT2D eigenvalue weighted by molar-refractivity contribution is 0.472. The van der Waals surface area contributed by atoms with Crippen LogP contribution < -0.4 is 5.73 Å². The Bertz CT molecular complexity index is 105. The minimum atomic E-state index is 0.522. The molecule has 66 valence electrons. The summed E-state index contributed by atoms with van der Waals surface area (Å²) in [7, 11) is 0. The highest BCUT2D eigenvalue weighted by Crippen LogP contribution is 2.33. The SMILES string of the molecule is CC(C)CCCC(N)C1CC1. The van der Waals surface area contributed by atoms with Crippen LogP contribution in [0, 0.1) is 11.8 Å². The van der Waals surface area contributed by atoms with Crippen molar-refractivity contribution in [3.8, 4) is 0 Å². The van der Waals surface area contributed by atoms with Crippen LogP contribution in [0.3, 0.4) is 0 Å². The van der Waals surface area contributed by atoms with E-state index in [1.54, 1.807) is 0 Å². The molecule has 1 nitrogen and oxygen atoms in total. The van der Waals surface area contributed by atoms with Gasteiger partial charge in [0.15, 0.2) is 0 Å². The molecule has 0 bridgehead atoms. The zero-order chi connectivity index (χ0) is 8.27. The Kier molecular flexibility index (Phi) is 3.38. The third-order valence-electron chi connectivity index (χ3n) is 2.55. The van der Waals surface area contributed by atoms with Gasteiger partial charge in [-0.25, -0.2) is 0 Å². The molecular weight excluding hydrogens is 134 g/mol. The van der Waals surface area contributed by atoms with E-state index in [9.17, 15) is 0 Å². The van der Waals surface area contributed by atoms with Gasteiger partial charge in [-0.3, -0.25) is 0 Å². The molecule has 0 aromatic rings. The first-order valence-corrected chi connectivity index (χ1v) is 4.95. The maximum absolute atomic E-state index is 5.97. The van der Waals surface area contributed by atoms with Crippen LogP contribution >= 0.6 is 0 Å². The lowest BCUT2D eigenvalue weighted by Gasteiger charge is -2.10. The van der Waals surface area contributed by atoms with Gasteiger partial charge in [0, 0.05) is 6.04 Å². The van der Waals surface area contributed by atoms with Crippen molar-refractivity contribution < 1.29 is 0 Å². The highest BCUT2D eigenvalue weighted by Gasteiger charge is 2.27. The monoisotopic (exact) mass is 155 g/mol. The summed E-state index contributed by atoms with van der Waals surface area (Å²) in [6, 6.07) is 0.522. The lowest BCUT2D eigenvalue weighted by Crippen LogP contribution is -2.22. The molecule has 0 spiro atoms. The molecule has 1 rings (SSSR count). The maximum atomic E-state index is 5.97. The largest absolute Gasteiger partial charge is 0.327 e. The van der Waals surface area contributed by atoms with E-state index in [0.29, 0.717) is 6.04 Å². The smallest absolute Gasteiger partial charge is 0.00671 e. The van der Waals surface area contributed by atoms with Crippen LogP contribution in [-0.2, 0) is 0 Å². The van der Waals surface area contributed by atoms with Gasteiger partial charge in [0.25, 0.3) is 0 Å². The van der Waals surface area contributed by atoms with Crippen LogP contribution in [0.4, 0.5) is 0 Å². The summed E-state index contributed by atoms with van der Waals surface area (Å²) in [5, 5.41) is 0. The maximum Gasteiger partial charge on any atom is 0.00671 e. The second-order valence-corrected chi connectivity index (χ2v) is 4.33. The molecule has 1 saturated carbocycles. The first-order chi connectivity index (χ1) is 5.20. The normalized spacial score (nSPS) is 20.7. The van der Waals surface area contributed by atoms with Crippen molar-refractivity contribution in [2.24, 2.45) is 17.6 Å². The summed E-state index contributed by atoms with van der Waals surface area (Å²) >= 11 is 0. The summed E-state index contributed by atoms with van der Waals surface area (Å²) in [6.45, 7) is 4.56. The van der Waals surface area contributed by atoms with Gasteiger partial charge in [-0.05, 0) is 31.1 Å². The molecule has 1 aliphatic carbocycles. The van der Waals surface area contributed by atoms with Crippen LogP contribution in [0.5, 0.6) is 0 Å². The molecule has 1 aliphatic rings. The zero-order valence-electron chi connectivity index (χ0n) is 7.84. The van der Waals surface area contributed by atoms with Crippen LogP contribution in [0.2, 0.25) is 0 Å². The predicted octanol–water partition coefficient (Wildman–Crippen LogP) is 2.55. The van der Waals surface area contributed by atoms with E-state index in [1.165, 1.54) is 32.1 Å². The van der Waals surface area contributed by atoms with Crippen molar-refractivity contribution in [3.63, 3.8) is 0 Å². The predicted molar refractivity (Wildman–Crippen MR) is 49.4 cm³/mol. The van der Waals surface area contributed by atoms with Crippen molar-refractivity contribution in [2.45, 2.75) is 52.0 Å². The van der Waals surface area contributed by atoms with E-state index < -0.39 is 0 Å². The van der Waals surface area contributed by atoms with Crippen molar-refractivity contribution in [1.29, 1.82) is 0 Å². The van der Waals surface area contributed by atoms with Gasteiger partial charge in [-0.2, -0.15) is 0 Å². The molecule has 0 aromatic heterocycles. The van der Waals surface area contributed by atoms with Crippen LogP contribution in [0.15, 0.2) is 0 Å². The van der Waals surface area contributed by atoms with Gasteiger partial charge < -0.3 is 5.73 Å². The fourth-order valence-electron chi connectivity index (χ4n) is 1.52. The summed E-state index contributed by atoms with van der Waals surface area (Å²) in [4.78, 5) is 0. The number of hydrogen-bond donors (Lipinski definition) is 1. The second kappa shape index (κ2) is 4.10. The molecule has 1 unspecified atom stereocenters. The van der Waals surface area contributed by atoms with E-state index >= 15 is 0 Å². The molecular formula is C10H21N. The van der Waals surface area contributed by atoms with E-state index in [0.717, 1.165) is 11.8 Å². The molecule has 0 heterocycles. The summed E-state index contributed by atoms with van der Waals surface area (Å²) in [5.41, 5.74) is 5.97. The van der Waals surface area contributed by atoms with Crippen LogP contribution in [-0.4, -0.2) is 6.04 Å². The third kappa shape index (κ3) is 3.76. The van der Waals surface area contributed by atoms with Crippen molar-refractivity contribution in [1.82, 2.24) is 0 Å². The van der Waals surface area contributed by atoms with Gasteiger partial charge in [-0.1, -0.05) is 26.7 Å². The Balaban J connectivity index is 1.93. The van der Waals surface area contributed by atoms with Crippen molar-refractivity contribution in [2.75, 3.05) is 0 Å². The minimum absolute atomic E-state index is 0.522. The Morgan fingerprint density at radius 1 is 1.27 bits per heavy atom. The van der Waals surface area contributed by atoms with E-state index in [4.69, 9.17) is 5.73 Å². The fourth-order valence-corrected chi connectivity index (χ4v) is 1.52. The third-order valence-corrected chi connectivity index (χ3v) is 2.55.